The third-order valence-corrected chi connectivity index (χ3v) is 5.54. The van der Waals surface area contributed by atoms with Crippen LogP contribution in [-0.2, 0) is 11.3 Å². The van der Waals surface area contributed by atoms with Crippen LogP contribution in [-0.4, -0.2) is 46.7 Å². The molecule has 0 spiro atoms. The van der Waals surface area contributed by atoms with Crippen molar-refractivity contribution >= 4 is 23.1 Å². The van der Waals surface area contributed by atoms with E-state index in [2.05, 4.69) is 96.3 Å². The van der Waals surface area contributed by atoms with Crippen molar-refractivity contribution in [3.8, 4) is 0 Å². The van der Waals surface area contributed by atoms with Gasteiger partial charge >= 0.3 is 0 Å². The van der Waals surface area contributed by atoms with Gasteiger partial charge in [0, 0.05) is 48.3 Å². The number of benzene rings is 2. The van der Waals surface area contributed by atoms with Crippen molar-refractivity contribution < 1.29 is 4.74 Å². The molecule has 4 rings (SSSR count). The lowest BCUT2D eigenvalue weighted by Crippen LogP contribution is -2.38. The van der Waals surface area contributed by atoms with Crippen LogP contribution in [0, 0.1) is 6.92 Å². The predicted molar refractivity (Wildman–Crippen MR) is 131 cm³/mol. The molecule has 0 bridgehead atoms. The highest BCUT2D eigenvalue weighted by molar-refractivity contribution is 5.66. The van der Waals surface area contributed by atoms with Gasteiger partial charge < -0.3 is 15.0 Å². The molecule has 2 heterocycles. The molecule has 1 saturated heterocycles. The molecule has 1 aromatic heterocycles. The van der Waals surface area contributed by atoms with Gasteiger partial charge in [0.2, 0.25) is 5.95 Å². The van der Waals surface area contributed by atoms with Gasteiger partial charge in [-0.3, -0.25) is 4.90 Å². The highest BCUT2D eigenvalue weighted by Crippen LogP contribution is 2.34. The van der Waals surface area contributed by atoms with Crippen LogP contribution in [0.5, 0.6) is 0 Å². The van der Waals surface area contributed by atoms with Crippen LogP contribution in [0.25, 0.3) is 0 Å². The van der Waals surface area contributed by atoms with Crippen LogP contribution >= 0.6 is 0 Å². The Kier molecular flexibility index (Phi) is 6.72. The van der Waals surface area contributed by atoms with Gasteiger partial charge in [-0.1, -0.05) is 30.3 Å². The number of para-hydroxylation sites is 1. The number of hydrogen-bond acceptors (Lipinski definition) is 6. The molecule has 1 N–H and O–H groups in total. The topological polar surface area (TPSA) is 53.5 Å². The average Bonchev–Trinajstić information content (AvgIpc) is 2.77. The van der Waals surface area contributed by atoms with Gasteiger partial charge in [0.05, 0.1) is 13.2 Å². The first-order chi connectivity index (χ1) is 15.4. The Morgan fingerprint density at radius 2 is 1.78 bits per heavy atom. The molecule has 2 aromatic carbocycles. The van der Waals surface area contributed by atoms with Crippen molar-refractivity contribution in [1.29, 1.82) is 0 Å². The zero-order valence-corrected chi connectivity index (χ0v) is 19.5. The molecular formula is C26H33N5O. The van der Waals surface area contributed by atoms with Crippen molar-refractivity contribution in [1.82, 2.24) is 14.9 Å². The molecule has 3 aromatic rings. The molecule has 168 valence electrons. The molecule has 32 heavy (non-hydrogen) atoms. The monoisotopic (exact) mass is 431 g/mol. The van der Waals surface area contributed by atoms with E-state index in [-0.39, 0.29) is 5.54 Å². The maximum absolute atomic E-state index is 5.46. The molecule has 1 aliphatic rings. The zero-order chi connectivity index (χ0) is 22.6. The number of nitrogens with one attached hydrogen (secondary N) is 1. The minimum Gasteiger partial charge on any atom is -0.379 e. The summed E-state index contributed by atoms with van der Waals surface area (Å²) in [5, 5.41) is 3.41. The van der Waals surface area contributed by atoms with Crippen molar-refractivity contribution in [2.24, 2.45) is 0 Å². The quantitative estimate of drug-likeness (QED) is 0.572. The van der Waals surface area contributed by atoms with E-state index >= 15 is 0 Å². The molecule has 1 aliphatic heterocycles. The van der Waals surface area contributed by atoms with E-state index in [4.69, 9.17) is 9.72 Å². The summed E-state index contributed by atoms with van der Waals surface area (Å²) in [7, 11) is 0. The molecule has 0 amide bonds. The van der Waals surface area contributed by atoms with Crippen molar-refractivity contribution in [3.63, 3.8) is 0 Å². The smallest absolute Gasteiger partial charge is 0.229 e. The fraction of sp³-hybridized carbons (Fsp3) is 0.385. The van der Waals surface area contributed by atoms with Crippen LogP contribution in [0.3, 0.4) is 0 Å². The van der Waals surface area contributed by atoms with E-state index in [1.807, 2.05) is 12.3 Å². The fourth-order valence-corrected chi connectivity index (χ4v) is 4.02. The van der Waals surface area contributed by atoms with Crippen LogP contribution < -0.4 is 10.2 Å². The van der Waals surface area contributed by atoms with Crippen molar-refractivity contribution in [2.75, 3.05) is 36.5 Å². The number of morpholine rings is 1. The fourth-order valence-electron chi connectivity index (χ4n) is 4.02. The number of aryl methyl sites for hydroxylation is 1. The first kappa shape index (κ1) is 22.2. The number of anilines is 4. The number of rotatable bonds is 6. The molecule has 0 radical (unpaired) electrons. The molecule has 0 saturated carbocycles. The number of ether oxygens (including phenoxy) is 1. The molecule has 0 atom stereocenters. The summed E-state index contributed by atoms with van der Waals surface area (Å²) in [6, 6.07) is 18.9. The second-order valence-corrected chi connectivity index (χ2v) is 9.26. The highest BCUT2D eigenvalue weighted by Gasteiger charge is 2.26. The van der Waals surface area contributed by atoms with Gasteiger partial charge in [0.25, 0.3) is 0 Å². The van der Waals surface area contributed by atoms with Crippen LogP contribution in [0.1, 0.15) is 31.9 Å². The summed E-state index contributed by atoms with van der Waals surface area (Å²) < 4.78 is 5.46. The Morgan fingerprint density at radius 1 is 1.03 bits per heavy atom. The normalized spacial score (nSPS) is 14.9. The lowest BCUT2D eigenvalue weighted by atomic mass is 10.0. The third-order valence-electron chi connectivity index (χ3n) is 5.54. The Bertz CT molecular complexity index is 1030. The van der Waals surface area contributed by atoms with Crippen molar-refractivity contribution in [3.05, 3.63) is 71.9 Å². The predicted octanol–water partition coefficient (Wildman–Crippen LogP) is 5.30. The highest BCUT2D eigenvalue weighted by atomic mass is 16.5. The van der Waals surface area contributed by atoms with Gasteiger partial charge in [-0.2, -0.15) is 4.98 Å². The third kappa shape index (κ3) is 5.44. The second kappa shape index (κ2) is 9.67. The average molecular weight is 432 g/mol. The SMILES string of the molecule is Cc1cnc(Nc2cccc(CN3CCOCC3)c2)nc1N(c1ccccc1)C(C)(C)C. The number of aromatic nitrogens is 2. The molecular weight excluding hydrogens is 398 g/mol. The van der Waals surface area contributed by atoms with E-state index < -0.39 is 0 Å². The molecule has 6 nitrogen and oxygen atoms in total. The summed E-state index contributed by atoms with van der Waals surface area (Å²) in [5.41, 5.74) is 4.27. The largest absolute Gasteiger partial charge is 0.379 e. The first-order valence-corrected chi connectivity index (χ1v) is 11.3. The summed E-state index contributed by atoms with van der Waals surface area (Å²) in [6.07, 6.45) is 1.89. The Balaban J connectivity index is 1.58. The summed E-state index contributed by atoms with van der Waals surface area (Å²) >= 11 is 0. The standard InChI is InChI=1S/C26H33N5O/c1-20-18-27-25(29-24(20)31(26(2,3)4)23-11-6-5-7-12-23)28-22-10-8-9-21(17-22)19-30-13-15-32-16-14-30/h5-12,17-18H,13-16,19H2,1-4H3,(H,27,28,29). The summed E-state index contributed by atoms with van der Waals surface area (Å²) in [4.78, 5) is 14.2. The summed E-state index contributed by atoms with van der Waals surface area (Å²) in [6.45, 7) is 13.1. The maximum Gasteiger partial charge on any atom is 0.229 e. The van der Waals surface area contributed by atoms with Crippen molar-refractivity contribution in [2.45, 2.75) is 39.8 Å². The van der Waals surface area contributed by atoms with Crippen LogP contribution in [0.4, 0.5) is 23.1 Å². The Labute approximate surface area is 191 Å². The van der Waals surface area contributed by atoms with E-state index in [0.717, 1.165) is 55.6 Å². The van der Waals surface area contributed by atoms with E-state index in [1.165, 1.54) is 5.56 Å². The molecule has 6 heteroatoms. The lowest BCUT2D eigenvalue weighted by Gasteiger charge is -2.37. The Morgan fingerprint density at radius 3 is 2.50 bits per heavy atom. The van der Waals surface area contributed by atoms with Gasteiger partial charge in [0.1, 0.15) is 5.82 Å². The van der Waals surface area contributed by atoms with E-state index in [1.54, 1.807) is 0 Å². The molecule has 1 fully saturated rings. The number of hydrogen-bond donors (Lipinski definition) is 1. The van der Waals surface area contributed by atoms with E-state index in [0.29, 0.717) is 5.95 Å². The minimum atomic E-state index is -0.143. The van der Waals surface area contributed by atoms with Gasteiger partial charge in [-0.05, 0) is 57.5 Å². The van der Waals surface area contributed by atoms with Gasteiger partial charge in [-0.15, -0.1) is 0 Å². The second-order valence-electron chi connectivity index (χ2n) is 9.26. The zero-order valence-electron chi connectivity index (χ0n) is 19.5. The molecule has 0 unspecified atom stereocenters. The lowest BCUT2D eigenvalue weighted by molar-refractivity contribution is 0.0342. The minimum absolute atomic E-state index is 0.143. The van der Waals surface area contributed by atoms with Crippen LogP contribution in [0.2, 0.25) is 0 Å². The Hall–Kier alpha value is -2.96. The first-order valence-electron chi connectivity index (χ1n) is 11.3. The molecule has 0 aliphatic carbocycles. The van der Waals surface area contributed by atoms with E-state index in [9.17, 15) is 0 Å². The van der Waals surface area contributed by atoms with Gasteiger partial charge in [0.15, 0.2) is 0 Å². The number of nitrogens with zero attached hydrogens (tertiary/aromatic N) is 4. The summed E-state index contributed by atoms with van der Waals surface area (Å²) in [5.74, 6) is 1.50. The van der Waals surface area contributed by atoms with Crippen LogP contribution in [0.15, 0.2) is 60.8 Å². The maximum atomic E-state index is 5.46. The van der Waals surface area contributed by atoms with Gasteiger partial charge in [-0.25, -0.2) is 4.98 Å².